The summed E-state index contributed by atoms with van der Waals surface area (Å²) in [5.41, 5.74) is 5.87. The van der Waals surface area contributed by atoms with Gasteiger partial charge in [0.25, 0.3) is 0 Å². The Kier molecular flexibility index (Phi) is 5.25. The molecule has 17 heavy (non-hydrogen) atoms. The summed E-state index contributed by atoms with van der Waals surface area (Å²) in [5.74, 6) is 0.569. The molecule has 1 heterocycles. The normalized spacial score (nSPS) is 23.8. The van der Waals surface area contributed by atoms with Crippen LogP contribution in [0.1, 0.15) is 47.0 Å². The van der Waals surface area contributed by atoms with Crippen molar-refractivity contribution in [3.63, 3.8) is 0 Å². The molecule has 1 aliphatic rings. The van der Waals surface area contributed by atoms with Crippen LogP contribution in [0.5, 0.6) is 0 Å². The van der Waals surface area contributed by atoms with E-state index in [9.17, 15) is 0 Å². The molecule has 3 N–H and O–H groups in total. The summed E-state index contributed by atoms with van der Waals surface area (Å²) in [6.45, 7) is 11.6. The number of piperidine rings is 1. The Hall–Kier alpha value is -0.770. The van der Waals surface area contributed by atoms with Gasteiger partial charge in [-0.05, 0) is 46.7 Å². The highest BCUT2D eigenvalue weighted by molar-refractivity contribution is 5.78. The van der Waals surface area contributed by atoms with Gasteiger partial charge in [-0.2, -0.15) is 0 Å². The van der Waals surface area contributed by atoms with Crippen molar-refractivity contribution in [3.8, 4) is 0 Å². The molecular formula is C13H28N4. The topological polar surface area (TPSA) is 53.6 Å². The van der Waals surface area contributed by atoms with Gasteiger partial charge in [-0.25, -0.2) is 0 Å². The van der Waals surface area contributed by atoms with Crippen LogP contribution in [0.15, 0.2) is 4.99 Å². The van der Waals surface area contributed by atoms with E-state index in [4.69, 9.17) is 5.73 Å². The summed E-state index contributed by atoms with van der Waals surface area (Å²) in [5, 5.41) is 3.20. The number of likely N-dealkylation sites (N-methyl/N-ethyl adjacent to an activating group) is 1. The first-order valence-corrected chi connectivity index (χ1v) is 6.74. The van der Waals surface area contributed by atoms with Crippen LogP contribution in [0.3, 0.4) is 0 Å². The summed E-state index contributed by atoms with van der Waals surface area (Å²) < 4.78 is 0. The second-order valence-corrected chi connectivity index (χ2v) is 5.88. The smallest absolute Gasteiger partial charge is 0.189 e. The van der Waals surface area contributed by atoms with Crippen LogP contribution in [0.4, 0.5) is 0 Å². The average Bonchev–Trinajstić information content (AvgIpc) is 2.24. The molecule has 1 atom stereocenters. The van der Waals surface area contributed by atoms with Gasteiger partial charge in [0.1, 0.15) is 0 Å². The van der Waals surface area contributed by atoms with Gasteiger partial charge in [-0.15, -0.1) is 0 Å². The summed E-state index contributed by atoms with van der Waals surface area (Å²) in [7, 11) is 0. The van der Waals surface area contributed by atoms with Gasteiger partial charge >= 0.3 is 0 Å². The molecule has 1 aliphatic heterocycles. The van der Waals surface area contributed by atoms with Gasteiger partial charge in [0.15, 0.2) is 5.96 Å². The minimum Gasteiger partial charge on any atom is -0.370 e. The minimum atomic E-state index is -0.00933. The Bertz CT molecular complexity index is 255. The van der Waals surface area contributed by atoms with Crippen molar-refractivity contribution in [2.24, 2.45) is 10.7 Å². The predicted molar refractivity (Wildman–Crippen MR) is 74.3 cm³/mol. The van der Waals surface area contributed by atoms with Crippen molar-refractivity contribution in [1.82, 2.24) is 10.2 Å². The van der Waals surface area contributed by atoms with E-state index in [0.717, 1.165) is 13.1 Å². The first-order chi connectivity index (χ1) is 7.92. The van der Waals surface area contributed by atoms with E-state index in [1.54, 1.807) is 0 Å². The lowest BCUT2D eigenvalue weighted by molar-refractivity contribution is 0.161. The molecule has 4 heteroatoms. The van der Waals surface area contributed by atoms with Gasteiger partial charge < -0.3 is 11.1 Å². The fourth-order valence-electron chi connectivity index (χ4n) is 2.31. The molecule has 0 aromatic heterocycles. The van der Waals surface area contributed by atoms with Gasteiger partial charge in [0.2, 0.25) is 0 Å². The highest BCUT2D eigenvalue weighted by Crippen LogP contribution is 2.16. The van der Waals surface area contributed by atoms with Crippen molar-refractivity contribution >= 4 is 5.96 Å². The van der Waals surface area contributed by atoms with Crippen molar-refractivity contribution < 1.29 is 0 Å². The minimum absolute atomic E-state index is 0.00933. The van der Waals surface area contributed by atoms with Crippen LogP contribution >= 0.6 is 0 Å². The second kappa shape index (κ2) is 6.24. The maximum Gasteiger partial charge on any atom is 0.189 e. The number of rotatable bonds is 3. The van der Waals surface area contributed by atoms with Crippen LogP contribution in [0, 0.1) is 0 Å². The summed E-state index contributed by atoms with van der Waals surface area (Å²) >= 11 is 0. The molecule has 0 aromatic rings. The Labute approximate surface area is 106 Å². The summed E-state index contributed by atoms with van der Waals surface area (Å²) in [6.07, 6.45) is 3.90. The maximum absolute atomic E-state index is 5.88. The fourth-order valence-corrected chi connectivity index (χ4v) is 2.31. The number of nitrogens with one attached hydrogen (secondary N) is 1. The predicted octanol–water partition coefficient (Wildman–Crippen LogP) is 1.56. The quantitative estimate of drug-likeness (QED) is 0.581. The molecule has 0 saturated carbocycles. The zero-order valence-electron chi connectivity index (χ0n) is 11.8. The molecule has 1 rings (SSSR count). The Morgan fingerprint density at radius 3 is 2.71 bits per heavy atom. The molecule has 1 fully saturated rings. The molecule has 0 aromatic carbocycles. The Morgan fingerprint density at radius 2 is 2.12 bits per heavy atom. The van der Waals surface area contributed by atoms with Crippen LogP contribution in [0.25, 0.3) is 0 Å². The highest BCUT2D eigenvalue weighted by atomic mass is 15.2. The number of hydrogen-bond donors (Lipinski definition) is 2. The third-order valence-corrected chi connectivity index (χ3v) is 3.13. The molecule has 1 unspecified atom stereocenters. The zero-order valence-corrected chi connectivity index (χ0v) is 11.8. The van der Waals surface area contributed by atoms with Gasteiger partial charge in [-0.1, -0.05) is 13.3 Å². The van der Waals surface area contributed by atoms with E-state index in [1.807, 2.05) is 0 Å². The fraction of sp³-hybridized carbons (Fsp3) is 0.923. The first kappa shape index (κ1) is 14.3. The SMILES string of the molecule is CCN1CCCCC1CN=C(N)NC(C)(C)C. The Morgan fingerprint density at radius 1 is 1.41 bits per heavy atom. The molecule has 0 spiro atoms. The second-order valence-electron chi connectivity index (χ2n) is 5.88. The van der Waals surface area contributed by atoms with Gasteiger partial charge in [-0.3, -0.25) is 9.89 Å². The number of aliphatic imine (C=N–C) groups is 1. The molecule has 4 nitrogen and oxygen atoms in total. The highest BCUT2D eigenvalue weighted by Gasteiger charge is 2.20. The lowest BCUT2D eigenvalue weighted by atomic mass is 10.0. The lowest BCUT2D eigenvalue weighted by Crippen LogP contribution is -2.46. The molecule has 0 amide bonds. The summed E-state index contributed by atoms with van der Waals surface area (Å²) in [6, 6.07) is 0.578. The van der Waals surface area contributed by atoms with E-state index in [-0.39, 0.29) is 5.54 Å². The van der Waals surface area contributed by atoms with Crippen LogP contribution in [0.2, 0.25) is 0 Å². The number of likely N-dealkylation sites (tertiary alicyclic amines) is 1. The van der Waals surface area contributed by atoms with E-state index < -0.39 is 0 Å². The van der Waals surface area contributed by atoms with Crippen LogP contribution < -0.4 is 11.1 Å². The third-order valence-electron chi connectivity index (χ3n) is 3.13. The molecule has 0 bridgehead atoms. The monoisotopic (exact) mass is 240 g/mol. The van der Waals surface area contributed by atoms with E-state index in [2.05, 4.69) is 42.9 Å². The number of guanidine groups is 1. The van der Waals surface area contributed by atoms with Crippen LogP contribution in [-0.4, -0.2) is 42.1 Å². The van der Waals surface area contributed by atoms with E-state index >= 15 is 0 Å². The van der Waals surface area contributed by atoms with Crippen molar-refractivity contribution in [2.45, 2.75) is 58.5 Å². The molecular weight excluding hydrogens is 212 g/mol. The third kappa shape index (κ3) is 5.39. The molecule has 100 valence electrons. The van der Waals surface area contributed by atoms with Crippen molar-refractivity contribution in [1.29, 1.82) is 0 Å². The first-order valence-electron chi connectivity index (χ1n) is 6.74. The lowest BCUT2D eigenvalue weighted by Gasteiger charge is -2.34. The molecule has 0 radical (unpaired) electrons. The zero-order chi connectivity index (χ0) is 12.9. The number of nitrogens with zero attached hydrogens (tertiary/aromatic N) is 2. The largest absolute Gasteiger partial charge is 0.370 e. The summed E-state index contributed by atoms with van der Waals surface area (Å²) in [4.78, 5) is 6.98. The Balaban J connectivity index is 2.44. The number of hydrogen-bond acceptors (Lipinski definition) is 2. The number of nitrogens with two attached hydrogens (primary N) is 1. The standard InChI is InChI=1S/C13H28N4/c1-5-17-9-7-6-8-11(17)10-15-12(14)16-13(2,3)4/h11H,5-10H2,1-4H3,(H3,14,15,16). The maximum atomic E-state index is 5.88. The molecule has 1 saturated heterocycles. The average molecular weight is 240 g/mol. The van der Waals surface area contributed by atoms with Crippen molar-refractivity contribution in [3.05, 3.63) is 0 Å². The van der Waals surface area contributed by atoms with Crippen molar-refractivity contribution in [2.75, 3.05) is 19.6 Å². The van der Waals surface area contributed by atoms with Crippen LogP contribution in [-0.2, 0) is 0 Å². The molecule has 0 aliphatic carbocycles. The van der Waals surface area contributed by atoms with E-state index in [1.165, 1.54) is 25.8 Å². The van der Waals surface area contributed by atoms with Gasteiger partial charge in [0, 0.05) is 11.6 Å². The van der Waals surface area contributed by atoms with Gasteiger partial charge in [0.05, 0.1) is 6.54 Å². The van der Waals surface area contributed by atoms with E-state index in [0.29, 0.717) is 12.0 Å².